The second-order valence-corrected chi connectivity index (χ2v) is 8.89. The Balaban J connectivity index is 1.95. The van der Waals surface area contributed by atoms with Gasteiger partial charge in [0.2, 0.25) is 0 Å². The molecule has 1 atom stereocenters. The number of aromatic nitrogens is 2. The first-order valence-electron chi connectivity index (χ1n) is 11.9. The maximum absolute atomic E-state index is 13.4. The van der Waals surface area contributed by atoms with Crippen molar-refractivity contribution in [2.75, 3.05) is 31.1 Å². The minimum atomic E-state index is -0.183. The standard InChI is InChI=1S/C26H32N6O2/c1-4-30(5-2)25(33)20-13-22-24(23(14-20)31-12-8-11-21(28)17-31)32(26(34)29(22)3)16-19-10-7-6-9-18(19)15-27/h6-7,9-10,13-14,21H,4-5,8,11-12,16-17,28H2,1-3H3/t21-/m1/s1. The highest BCUT2D eigenvalue weighted by molar-refractivity contribution is 6.02. The zero-order valence-corrected chi connectivity index (χ0v) is 20.1. The number of amides is 1. The number of imidazole rings is 1. The number of rotatable bonds is 6. The number of carbonyl (C=O) groups is 1. The van der Waals surface area contributed by atoms with E-state index in [0.717, 1.165) is 36.2 Å². The number of fused-ring (bicyclic) bond motifs is 1. The van der Waals surface area contributed by atoms with Crippen LogP contribution in [-0.2, 0) is 13.6 Å². The molecule has 0 bridgehead atoms. The molecule has 0 saturated carbocycles. The van der Waals surface area contributed by atoms with Crippen LogP contribution in [0.25, 0.3) is 11.0 Å². The number of nitriles is 1. The molecule has 1 aliphatic heterocycles. The van der Waals surface area contributed by atoms with Crippen LogP contribution in [0.3, 0.4) is 0 Å². The Hall–Kier alpha value is -3.57. The molecule has 1 fully saturated rings. The van der Waals surface area contributed by atoms with E-state index in [4.69, 9.17) is 5.73 Å². The Morgan fingerprint density at radius 1 is 1.24 bits per heavy atom. The molecular formula is C26H32N6O2. The van der Waals surface area contributed by atoms with E-state index in [1.165, 1.54) is 0 Å². The predicted octanol–water partition coefficient (Wildman–Crippen LogP) is 2.67. The van der Waals surface area contributed by atoms with E-state index in [2.05, 4.69) is 11.0 Å². The summed E-state index contributed by atoms with van der Waals surface area (Å²) < 4.78 is 3.31. The summed E-state index contributed by atoms with van der Waals surface area (Å²) in [5.41, 5.74) is 10.3. The van der Waals surface area contributed by atoms with Gasteiger partial charge in [-0.3, -0.25) is 13.9 Å². The summed E-state index contributed by atoms with van der Waals surface area (Å²) in [4.78, 5) is 30.7. The number of anilines is 1. The molecule has 178 valence electrons. The zero-order valence-electron chi connectivity index (χ0n) is 20.1. The molecule has 3 aromatic rings. The molecule has 0 spiro atoms. The third kappa shape index (κ3) is 4.19. The minimum Gasteiger partial charge on any atom is -0.368 e. The maximum atomic E-state index is 13.4. The van der Waals surface area contributed by atoms with Gasteiger partial charge in [0.15, 0.2) is 0 Å². The van der Waals surface area contributed by atoms with Gasteiger partial charge in [-0.15, -0.1) is 0 Å². The number of aryl methyl sites for hydroxylation is 1. The largest absolute Gasteiger partial charge is 0.368 e. The van der Waals surface area contributed by atoms with Crippen molar-refractivity contribution in [3.8, 4) is 6.07 Å². The molecule has 1 aromatic heterocycles. The topological polar surface area (TPSA) is 100 Å². The minimum absolute atomic E-state index is 0.0362. The van der Waals surface area contributed by atoms with Crippen molar-refractivity contribution in [3.63, 3.8) is 0 Å². The van der Waals surface area contributed by atoms with E-state index in [9.17, 15) is 14.9 Å². The van der Waals surface area contributed by atoms with Gasteiger partial charge >= 0.3 is 5.69 Å². The van der Waals surface area contributed by atoms with E-state index < -0.39 is 0 Å². The van der Waals surface area contributed by atoms with Gasteiger partial charge in [0.1, 0.15) is 0 Å². The molecule has 34 heavy (non-hydrogen) atoms. The van der Waals surface area contributed by atoms with Gasteiger partial charge in [-0.1, -0.05) is 18.2 Å². The molecule has 0 radical (unpaired) electrons. The van der Waals surface area contributed by atoms with Crippen LogP contribution in [0.15, 0.2) is 41.2 Å². The molecule has 2 aromatic carbocycles. The Labute approximate surface area is 199 Å². The van der Waals surface area contributed by atoms with Gasteiger partial charge in [0.25, 0.3) is 5.91 Å². The average molecular weight is 461 g/mol. The Morgan fingerprint density at radius 3 is 2.65 bits per heavy atom. The molecule has 0 unspecified atom stereocenters. The summed E-state index contributed by atoms with van der Waals surface area (Å²) in [6.07, 6.45) is 1.90. The molecule has 4 rings (SSSR count). The normalized spacial score (nSPS) is 16.0. The summed E-state index contributed by atoms with van der Waals surface area (Å²) in [5.74, 6) is -0.0514. The Morgan fingerprint density at radius 2 is 1.97 bits per heavy atom. The number of piperidine rings is 1. The van der Waals surface area contributed by atoms with Crippen molar-refractivity contribution < 1.29 is 4.79 Å². The fourth-order valence-electron chi connectivity index (χ4n) is 4.89. The van der Waals surface area contributed by atoms with Crippen LogP contribution < -0.4 is 16.3 Å². The fraction of sp³-hybridized carbons (Fsp3) is 0.423. The van der Waals surface area contributed by atoms with Gasteiger partial charge in [-0.2, -0.15) is 5.26 Å². The van der Waals surface area contributed by atoms with Crippen molar-refractivity contribution in [1.29, 1.82) is 5.26 Å². The summed E-state index contributed by atoms with van der Waals surface area (Å²) in [7, 11) is 1.73. The van der Waals surface area contributed by atoms with Gasteiger partial charge in [-0.05, 0) is 50.5 Å². The summed E-state index contributed by atoms with van der Waals surface area (Å²) >= 11 is 0. The van der Waals surface area contributed by atoms with Gasteiger partial charge in [0.05, 0.1) is 34.9 Å². The third-order valence-corrected chi connectivity index (χ3v) is 6.78. The van der Waals surface area contributed by atoms with Crippen molar-refractivity contribution in [1.82, 2.24) is 14.0 Å². The van der Waals surface area contributed by atoms with E-state index in [0.29, 0.717) is 36.3 Å². The van der Waals surface area contributed by atoms with Crippen LogP contribution in [0.4, 0.5) is 5.69 Å². The quantitative estimate of drug-likeness (QED) is 0.610. The average Bonchev–Trinajstić information content (AvgIpc) is 3.09. The monoisotopic (exact) mass is 460 g/mol. The number of hydrogen-bond acceptors (Lipinski definition) is 5. The highest BCUT2D eigenvalue weighted by Gasteiger charge is 2.26. The maximum Gasteiger partial charge on any atom is 0.329 e. The lowest BCUT2D eigenvalue weighted by molar-refractivity contribution is 0.0773. The lowest BCUT2D eigenvalue weighted by Gasteiger charge is -2.33. The highest BCUT2D eigenvalue weighted by atomic mass is 16.2. The number of benzene rings is 2. The van der Waals surface area contributed by atoms with Crippen LogP contribution >= 0.6 is 0 Å². The molecular weight excluding hydrogens is 428 g/mol. The molecule has 1 amide bonds. The first-order valence-corrected chi connectivity index (χ1v) is 11.9. The SMILES string of the molecule is CCN(CC)C(=O)c1cc(N2CCC[C@@H](N)C2)c2c(c1)n(C)c(=O)n2Cc1ccccc1C#N. The van der Waals surface area contributed by atoms with Crippen LogP contribution in [0.1, 0.15) is 48.2 Å². The van der Waals surface area contributed by atoms with Gasteiger partial charge in [-0.25, -0.2) is 4.79 Å². The summed E-state index contributed by atoms with van der Waals surface area (Å²) in [6.45, 7) is 6.90. The highest BCUT2D eigenvalue weighted by Crippen LogP contribution is 2.31. The third-order valence-electron chi connectivity index (χ3n) is 6.78. The molecule has 2 heterocycles. The van der Waals surface area contributed by atoms with E-state index >= 15 is 0 Å². The van der Waals surface area contributed by atoms with Gasteiger partial charge < -0.3 is 15.5 Å². The van der Waals surface area contributed by atoms with Crippen molar-refractivity contribution >= 4 is 22.6 Å². The van der Waals surface area contributed by atoms with Crippen LogP contribution in [-0.4, -0.2) is 52.2 Å². The van der Waals surface area contributed by atoms with Crippen LogP contribution in [0, 0.1) is 11.3 Å². The lowest BCUT2D eigenvalue weighted by Crippen LogP contribution is -2.43. The molecule has 0 aliphatic carbocycles. The van der Waals surface area contributed by atoms with Crippen molar-refractivity contribution in [2.45, 2.75) is 39.3 Å². The number of nitrogens with zero attached hydrogens (tertiary/aromatic N) is 5. The molecule has 1 aliphatic rings. The van der Waals surface area contributed by atoms with E-state index in [1.54, 1.807) is 27.1 Å². The Bertz CT molecular complexity index is 1310. The predicted molar refractivity (Wildman–Crippen MR) is 134 cm³/mol. The van der Waals surface area contributed by atoms with E-state index in [-0.39, 0.29) is 24.2 Å². The molecule has 1 saturated heterocycles. The second-order valence-electron chi connectivity index (χ2n) is 8.89. The van der Waals surface area contributed by atoms with Crippen LogP contribution in [0.2, 0.25) is 0 Å². The number of hydrogen-bond donors (Lipinski definition) is 1. The van der Waals surface area contributed by atoms with Crippen molar-refractivity contribution in [3.05, 3.63) is 63.6 Å². The smallest absolute Gasteiger partial charge is 0.329 e. The zero-order chi connectivity index (χ0) is 24.4. The fourth-order valence-corrected chi connectivity index (χ4v) is 4.89. The first kappa shape index (κ1) is 23.6. The van der Waals surface area contributed by atoms with Gasteiger partial charge in [0, 0.05) is 44.8 Å². The second kappa shape index (κ2) is 9.74. The summed E-state index contributed by atoms with van der Waals surface area (Å²) in [5, 5.41) is 9.56. The first-order chi connectivity index (χ1) is 16.4. The molecule has 8 heteroatoms. The number of nitrogens with two attached hydrogens (primary N) is 1. The van der Waals surface area contributed by atoms with Crippen molar-refractivity contribution in [2.24, 2.45) is 12.8 Å². The molecule has 8 nitrogen and oxygen atoms in total. The van der Waals surface area contributed by atoms with E-state index in [1.807, 2.05) is 44.2 Å². The molecule has 2 N–H and O–H groups in total. The number of carbonyl (C=O) groups excluding carboxylic acids is 1. The lowest BCUT2D eigenvalue weighted by atomic mass is 10.0. The Kier molecular flexibility index (Phi) is 6.75. The summed E-state index contributed by atoms with van der Waals surface area (Å²) in [6, 6.07) is 13.3. The van der Waals surface area contributed by atoms with Crippen LogP contribution in [0.5, 0.6) is 0 Å².